The fourth-order valence-corrected chi connectivity index (χ4v) is 3.14. The largest absolute Gasteiger partial charge is 0.493 e. The Labute approximate surface area is 182 Å². The highest BCUT2D eigenvalue weighted by Gasteiger charge is 2.19. The van der Waals surface area contributed by atoms with E-state index in [1.54, 1.807) is 30.3 Å². The Morgan fingerprint density at radius 1 is 0.935 bits per heavy atom. The van der Waals surface area contributed by atoms with Gasteiger partial charge in [-0.15, -0.1) is 0 Å². The third kappa shape index (κ3) is 5.36. The maximum atomic E-state index is 12.9. The smallest absolute Gasteiger partial charge is 0.257 e. The Balaban J connectivity index is 1.75. The van der Waals surface area contributed by atoms with Gasteiger partial charge in [0.2, 0.25) is 5.89 Å². The van der Waals surface area contributed by atoms with Crippen molar-refractivity contribution in [1.29, 1.82) is 0 Å². The molecule has 0 aliphatic rings. The molecule has 0 N–H and O–H groups in total. The number of ether oxygens (including phenoxy) is 3. The molecule has 0 fully saturated rings. The third-order valence-corrected chi connectivity index (χ3v) is 4.51. The van der Waals surface area contributed by atoms with Crippen LogP contribution in [0.1, 0.15) is 36.8 Å². The van der Waals surface area contributed by atoms with Crippen LogP contribution in [0.5, 0.6) is 17.2 Å². The first-order valence-electron chi connectivity index (χ1n) is 10.4. The summed E-state index contributed by atoms with van der Waals surface area (Å²) in [6.45, 7) is 7.60. The van der Waals surface area contributed by atoms with Gasteiger partial charge in [0.15, 0.2) is 11.5 Å². The SMILES string of the molecule is CCOc1ccc(-c2nc(CN(C)C(=O)c3ccccc3OCC)co2)cc1OCC. The van der Waals surface area contributed by atoms with Crippen LogP contribution in [0.2, 0.25) is 0 Å². The quantitative estimate of drug-likeness (QED) is 0.465. The normalized spacial score (nSPS) is 10.6. The van der Waals surface area contributed by atoms with E-state index in [4.69, 9.17) is 18.6 Å². The number of aromatic nitrogens is 1. The monoisotopic (exact) mass is 424 g/mol. The number of hydrogen-bond acceptors (Lipinski definition) is 6. The lowest BCUT2D eigenvalue weighted by Gasteiger charge is -2.17. The lowest BCUT2D eigenvalue weighted by Crippen LogP contribution is -2.26. The molecule has 0 unspecified atom stereocenters. The predicted octanol–water partition coefficient (Wildman–Crippen LogP) is 4.81. The number of carbonyl (C=O) groups is 1. The summed E-state index contributed by atoms with van der Waals surface area (Å²) in [5.41, 5.74) is 1.93. The molecular weight excluding hydrogens is 396 g/mol. The lowest BCUT2D eigenvalue weighted by molar-refractivity contribution is 0.0779. The second-order valence-corrected chi connectivity index (χ2v) is 6.76. The van der Waals surface area contributed by atoms with Gasteiger partial charge in [-0.05, 0) is 51.1 Å². The Morgan fingerprint density at radius 3 is 2.35 bits per heavy atom. The molecule has 0 saturated heterocycles. The van der Waals surface area contributed by atoms with Gasteiger partial charge >= 0.3 is 0 Å². The van der Waals surface area contributed by atoms with Crippen LogP contribution in [0.3, 0.4) is 0 Å². The number of rotatable bonds is 10. The number of para-hydroxylation sites is 1. The van der Waals surface area contributed by atoms with Gasteiger partial charge in [0.25, 0.3) is 5.91 Å². The van der Waals surface area contributed by atoms with Crippen molar-refractivity contribution in [2.75, 3.05) is 26.9 Å². The Morgan fingerprint density at radius 2 is 1.61 bits per heavy atom. The fraction of sp³-hybridized carbons (Fsp3) is 0.333. The highest BCUT2D eigenvalue weighted by Crippen LogP contribution is 2.32. The number of nitrogens with zero attached hydrogens (tertiary/aromatic N) is 2. The molecule has 0 radical (unpaired) electrons. The van der Waals surface area contributed by atoms with Crippen LogP contribution in [0.4, 0.5) is 0 Å². The van der Waals surface area contributed by atoms with Crippen molar-refractivity contribution < 1.29 is 23.4 Å². The molecule has 2 aromatic carbocycles. The van der Waals surface area contributed by atoms with E-state index < -0.39 is 0 Å². The molecule has 164 valence electrons. The molecule has 1 heterocycles. The standard InChI is InChI=1S/C24H28N2O5/c1-5-28-20-11-9-8-10-19(20)24(27)26(4)15-18-16-31-23(25-18)17-12-13-21(29-6-2)22(14-17)30-7-3/h8-14,16H,5-7,15H2,1-4H3. The molecule has 0 saturated carbocycles. The van der Waals surface area contributed by atoms with E-state index in [1.807, 2.05) is 51.1 Å². The zero-order valence-corrected chi connectivity index (χ0v) is 18.4. The van der Waals surface area contributed by atoms with Gasteiger partial charge in [0, 0.05) is 12.6 Å². The van der Waals surface area contributed by atoms with Gasteiger partial charge in [0.1, 0.15) is 12.0 Å². The summed E-state index contributed by atoms with van der Waals surface area (Å²) in [4.78, 5) is 19.0. The molecule has 1 amide bonds. The average molecular weight is 424 g/mol. The molecule has 3 aromatic rings. The average Bonchev–Trinajstić information content (AvgIpc) is 3.24. The van der Waals surface area contributed by atoms with Crippen LogP contribution in [-0.4, -0.2) is 42.7 Å². The lowest BCUT2D eigenvalue weighted by atomic mass is 10.1. The van der Waals surface area contributed by atoms with E-state index in [2.05, 4.69) is 4.98 Å². The van der Waals surface area contributed by atoms with Crippen molar-refractivity contribution in [3.8, 4) is 28.7 Å². The van der Waals surface area contributed by atoms with Crippen molar-refractivity contribution in [1.82, 2.24) is 9.88 Å². The van der Waals surface area contributed by atoms with Crippen LogP contribution in [0.25, 0.3) is 11.5 Å². The number of carbonyl (C=O) groups excluding carboxylic acids is 1. The predicted molar refractivity (Wildman–Crippen MR) is 118 cm³/mol. The first-order chi connectivity index (χ1) is 15.1. The van der Waals surface area contributed by atoms with Crippen molar-refractivity contribution in [3.05, 3.63) is 60.0 Å². The summed E-state index contributed by atoms with van der Waals surface area (Å²) in [6, 6.07) is 12.8. The third-order valence-electron chi connectivity index (χ3n) is 4.51. The first kappa shape index (κ1) is 22.2. The summed E-state index contributed by atoms with van der Waals surface area (Å²) in [5.74, 6) is 2.20. The van der Waals surface area contributed by atoms with Gasteiger partial charge in [-0.1, -0.05) is 12.1 Å². The molecule has 7 heteroatoms. The molecule has 1 aromatic heterocycles. The molecule has 3 rings (SSSR count). The van der Waals surface area contributed by atoms with Gasteiger partial charge in [-0.2, -0.15) is 0 Å². The maximum absolute atomic E-state index is 12.9. The van der Waals surface area contributed by atoms with Crippen LogP contribution in [0.15, 0.2) is 53.1 Å². The van der Waals surface area contributed by atoms with Crippen molar-refractivity contribution in [3.63, 3.8) is 0 Å². The minimum Gasteiger partial charge on any atom is -0.493 e. The molecule has 0 bridgehead atoms. The molecule has 0 aliphatic heterocycles. The molecule has 31 heavy (non-hydrogen) atoms. The Kier molecular flexibility index (Phi) is 7.54. The summed E-state index contributed by atoms with van der Waals surface area (Å²) in [5, 5.41) is 0. The zero-order chi connectivity index (χ0) is 22.2. The second kappa shape index (κ2) is 10.5. The van der Waals surface area contributed by atoms with E-state index >= 15 is 0 Å². The molecule has 0 atom stereocenters. The van der Waals surface area contributed by atoms with Crippen LogP contribution >= 0.6 is 0 Å². The molecule has 0 spiro atoms. The van der Waals surface area contributed by atoms with Crippen LogP contribution < -0.4 is 14.2 Å². The fourth-order valence-electron chi connectivity index (χ4n) is 3.14. The number of benzene rings is 2. The Bertz CT molecular complexity index is 1010. The highest BCUT2D eigenvalue weighted by atomic mass is 16.5. The summed E-state index contributed by atoms with van der Waals surface area (Å²) in [7, 11) is 1.73. The van der Waals surface area contributed by atoms with E-state index in [-0.39, 0.29) is 5.91 Å². The summed E-state index contributed by atoms with van der Waals surface area (Å²) >= 11 is 0. The van der Waals surface area contributed by atoms with Gasteiger partial charge in [-0.3, -0.25) is 4.79 Å². The number of oxazole rings is 1. The van der Waals surface area contributed by atoms with Crippen LogP contribution in [0, 0.1) is 0 Å². The highest BCUT2D eigenvalue weighted by molar-refractivity contribution is 5.96. The minimum absolute atomic E-state index is 0.145. The van der Waals surface area contributed by atoms with E-state index in [0.29, 0.717) is 60.8 Å². The van der Waals surface area contributed by atoms with Gasteiger partial charge < -0.3 is 23.5 Å². The van der Waals surface area contributed by atoms with Gasteiger partial charge in [-0.25, -0.2) is 4.98 Å². The first-order valence-corrected chi connectivity index (χ1v) is 10.4. The van der Waals surface area contributed by atoms with Crippen molar-refractivity contribution in [2.45, 2.75) is 27.3 Å². The Hall–Kier alpha value is -3.48. The number of hydrogen-bond donors (Lipinski definition) is 0. The van der Waals surface area contributed by atoms with Crippen molar-refractivity contribution in [2.24, 2.45) is 0 Å². The summed E-state index contributed by atoms with van der Waals surface area (Å²) in [6.07, 6.45) is 1.56. The van der Waals surface area contributed by atoms with Gasteiger partial charge in [0.05, 0.1) is 37.6 Å². The van der Waals surface area contributed by atoms with Crippen molar-refractivity contribution >= 4 is 5.91 Å². The van der Waals surface area contributed by atoms with E-state index in [1.165, 1.54) is 0 Å². The molecule has 7 nitrogen and oxygen atoms in total. The van der Waals surface area contributed by atoms with E-state index in [0.717, 1.165) is 5.56 Å². The topological polar surface area (TPSA) is 74.0 Å². The molecular formula is C24H28N2O5. The zero-order valence-electron chi connectivity index (χ0n) is 18.4. The second-order valence-electron chi connectivity index (χ2n) is 6.76. The summed E-state index contributed by atoms with van der Waals surface area (Å²) < 4.78 is 22.5. The minimum atomic E-state index is -0.145. The van der Waals surface area contributed by atoms with E-state index in [9.17, 15) is 4.79 Å². The number of amides is 1. The maximum Gasteiger partial charge on any atom is 0.257 e. The van der Waals surface area contributed by atoms with Crippen LogP contribution in [-0.2, 0) is 6.54 Å². The molecule has 0 aliphatic carbocycles.